The van der Waals surface area contributed by atoms with Crippen molar-refractivity contribution in [1.29, 1.82) is 5.26 Å². The van der Waals surface area contributed by atoms with Crippen molar-refractivity contribution in [1.82, 2.24) is 0 Å². The molecule has 0 saturated heterocycles. The minimum atomic E-state index is -0.214. The lowest BCUT2D eigenvalue weighted by molar-refractivity contribution is 0.323. The molecule has 4 heteroatoms. The third-order valence-electron chi connectivity index (χ3n) is 2.38. The first kappa shape index (κ1) is 12.2. The van der Waals surface area contributed by atoms with E-state index in [1.807, 2.05) is 6.92 Å². The van der Waals surface area contributed by atoms with Gasteiger partial charge in [-0.15, -0.1) is 0 Å². The van der Waals surface area contributed by atoms with Crippen molar-refractivity contribution >= 4 is 0 Å². The molecule has 0 bridgehead atoms. The molecule has 0 aliphatic carbocycles. The second-order valence-corrected chi connectivity index (χ2v) is 3.31. The first-order valence-corrected chi connectivity index (χ1v) is 4.87. The van der Waals surface area contributed by atoms with Gasteiger partial charge in [0.15, 0.2) is 11.5 Å². The average Bonchev–Trinajstić information content (AvgIpc) is 2.35. The van der Waals surface area contributed by atoms with Gasteiger partial charge in [-0.05, 0) is 24.6 Å². The molecule has 0 spiro atoms. The summed E-state index contributed by atoms with van der Waals surface area (Å²) in [5.41, 5.74) is 0.844. The molecule has 0 saturated carbocycles. The zero-order chi connectivity index (χ0) is 12.1. The normalized spacial score (nSPS) is 11.4. The summed E-state index contributed by atoms with van der Waals surface area (Å²) in [6.45, 7) is 1.82. The molecule has 16 heavy (non-hydrogen) atoms. The minimum Gasteiger partial charge on any atom is -0.493 e. The van der Waals surface area contributed by atoms with Crippen LogP contribution in [-0.4, -0.2) is 21.3 Å². The number of ether oxygens (including phenoxy) is 3. The number of hydrogen-bond acceptors (Lipinski definition) is 4. The second kappa shape index (κ2) is 5.26. The molecule has 1 aromatic rings. The Morgan fingerprint density at radius 2 is 1.56 bits per heavy atom. The standard InChI is InChI=1S/C12H15NO3/c1-8(7-13)9-5-10(14-2)12(16-4)11(6-9)15-3/h5-6,8H,1-4H3. The van der Waals surface area contributed by atoms with Crippen molar-refractivity contribution < 1.29 is 14.2 Å². The van der Waals surface area contributed by atoms with Crippen LogP contribution in [0.15, 0.2) is 12.1 Å². The lowest BCUT2D eigenvalue weighted by Crippen LogP contribution is -1.98. The van der Waals surface area contributed by atoms with E-state index in [1.165, 1.54) is 0 Å². The Morgan fingerprint density at radius 1 is 1.06 bits per heavy atom. The van der Waals surface area contributed by atoms with E-state index in [0.717, 1.165) is 5.56 Å². The molecule has 4 nitrogen and oxygen atoms in total. The van der Waals surface area contributed by atoms with Gasteiger partial charge in [0, 0.05) is 0 Å². The summed E-state index contributed by atoms with van der Waals surface area (Å²) < 4.78 is 15.6. The third-order valence-corrected chi connectivity index (χ3v) is 2.38. The van der Waals surface area contributed by atoms with E-state index in [-0.39, 0.29) is 5.92 Å². The first-order valence-electron chi connectivity index (χ1n) is 4.87. The van der Waals surface area contributed by atoms with Gasteiger partial charge in [-0.1, -0.05) is 0 Å². The average molecular weight is 221 g/mol. The van der Waals surface area contributed by atoms with Crippen LogP contribution >= 0.6 is 0 Å². The molecule has 0 fully saturated rings. The van der Waals surface area contributed by atoms with Crippen molar-refractivity contribution in [2.24, 2.45) is 0 Å². The highest BCUT2D eigenvalue weighted by Gasteiger charge is 2.15. The fourth-order valence-electron chi connectivity index (χ4n) is 1.43. The molecule has 0 aliphatic rings. The quantitative estimate of drug-likeness (QED) is 0.783. The lowest BCUT2D eigenvalue weighted by atomic mass is 10.0. The molecule has 1 aromatic carbocycles. The van der Waals surface area contributed by atoms with E-state index in [4.69, 9.17) is 19.5 Å². The van der Waals surface area contributed by atoms with Crippen molar-refractivity contribution in [3.8, 4) is 23.3 Å². The predicted octanol–water partition coefficient (Wildman–Crippen LogP) is 2.34. The SMILES string of the molecule is COc1cc(C(C)C#N)cc(OC)c1OC. The van der Waals surface area contributed by atoms with E-state index in [9.17, 15) is 0 Å². The highest BCUT2D eigenvalue weighted by atomic mass is 16.5. The summed E-state index contributed by atoms with van der Waals surface area (Å²) in [6.07, 6.45) is 0. The van der Waals surface area contributed by atoms with Crippen LogP contribution in [0.25, 0.3) is 0 Å². The maximum absolute atomic E-state index is 8.88. The number of nitriles is 1. The minimum absolute atomic E-state index is 0.214. The highest BCUT2D eigenvalue weighted by Crippen LogP contribution is 2.39. The Morgan fingerprint density at radius 3 is 1.88 bits per heavy atom. The van der Waals surface area contributed by atoms with Gasteiger partial charge in [-0.3, -0.25) is 0 Å². The van der Waals surface area contributed by atoms with Crippen molar-refractivity contribution in [2.75, 3.05) is 21.3 Å². The summed E-state index contributed by atoms with van der Waals surface area (Å²) in [6, 6.07) is 5.74. The van der Waals surface area contributed by atoms with Crippen molar-refractivity contribution in [2.45, 2.75) is 12.8 Å². The Hall–Kier alpha value is -1.89. The third kappa shape index (κ3) is 2.19. The Kier molecular flexibility index (Phi) is 4.01. The van der Waals surface area contributed by atoms with E-state index in [1.54, 1.807) is 33.5 Å². The number of nitrogens with zero attached hydrogens (tertiary/aromatic N) is 1. The molecule has 0 radical (unpaired) electrons. The van der Waals surface area contributed by atoms with E-state index < -0.39 is 0 Å². The van der Waals surface area contributed by atoms with Crippen LogP contribution < -0.4 is 14.2 Å². The van der Waals surface area contributed by atoms with Gasteiger partial charge < -0.3 is 14.2 Å². The molecule has 0 N–H and O–H groups in total. The van der Waals surface area contributed by atoms with E-state index in [0.29, 0.717) is 17.2 Å². The van der Waals surface area contributed by atoms with Gasteiger partial charge in [-0.25, -0.2) is 0 Å². The van der Waals surface area contributed by atoms with Crippen molar-refractivity contribution in [3.63, 3.8) is 0 Å². The van der Waals surface area contributed by atoms with Gasteiger partial charge in [0.25, 0.3) is 0 Å². The monoisotopic (exact) mass is 221 g/mol. The highest BCUT2D eigenvalue weighted by molar-refractivity contribution is 5.54. The van der Waals surface area contributed by atoms with Crippen LogP contribution in [0, 0.1) is 11.3 Å². The Labute approximate surface area is 95.4 Å². The summed E-state index contributed by atoms with van der Waals surface area (Å²) in [7, 11) is 4.66. The van der Waals surface area contributed by atoms with Crippen LogP contribution in [0.1, 0.15) is 18.4 Å². The number of rotatable bonds is 4. The number of hydrogen-bond donors (Lipinski definition) is 0. The summed E-state index contributed by atoms with van der Waals surface area (Å²) in [4.78, 5) is 0. The largest absolute Gasteiger partial charge is 0.493 e. The fraction of sp³-hybridized carbons (Fsp3) is 0.417. The van der Waals surface area contributed by atoms with Gasteiger partial charge in [0.05, 0.1) is 33.3 Å². The van der Waals surface area contributed by atoms with Gasteiger partial charge in [-0.2, -0.15) is 5.26 Å². The fourth-order valence-corrected chi connectivity index (χ4v) is 1.43. The smallest absolute Gasteiger partial charge is 0.203 e. The second-order valence-electron chi connectivity index (χ2n) is 3.31. The molecule has 1 rings (SSSR count). The summed E-state index contributed by atoms with van der Waals surface area (Å²) in [5, 5.41) is 8.88. The molecule has 0 aromatic heterocycles. The van der Waals surface area contributed by atoms with Crippen LogP contribution in [0.3, 0.4) is 0 Å². The van der Waals surface area contributed by atoms with E-state index >= 15 is 0 Å². The number of methoxy groups -OCH3 is 3. The van der Waals surface area contributed by atoms with Crippen LogP contribution in [0.4, 0.5) is 0 Å². The van der Waals surface area contributed by atoms with Gasteiger partial charge in [0.2, 0.25) is 5.75 Å². The van der Waals surface area contributed by atoms with E-state index in [2.05, 4.69) is 6.07 Å². The maximum Gasteiger partial charge on any atom is 0.203 e. The van der Waals surface area contributed by atoms with Crippen LogP contribution in [0.2, 0.25) is 0 Å². The predicted molar refractivity (Wildman–Crippen MR) is 60.1 cm³/mol. The Bertz CT molecular complexity index is 384. The van der Waals surface area contributed by atoms with Crippen molar-refractivity contribution in [3.05, 3.63) is 17.7 Å². The first-order chi connectivity index (χ1) is 7.67. The van der Waals surface area contributed by atoms with Crippen LogP contribution in [0.5, 0.6) is 17.2 Å². The molecule has 1 atom stereocenters. The zero-order valence-corrected chi connectivity index (χ0v) is 9.90. The maximum atomic E-state index is 8.88. The lowest BCUT2D eigenvalue weighted by Gasteiger charge is -2.14. The Balaban J connectivity index is 3.32. The molecule has 0 amide bonds. The molecule has 0 aliphatic heterocycles. The summed E-state index contributed by atoms with van der Waals surface area (Å²) >= 11 is 0. The number of benzene rings is 1. The molecular formula is C12H15NO3. The zero-order valence-electron chi connectivity index (χ0n) is 9.90. The molecular weight excluding hydrogens is 206 g/mol. The summed E-state index contributed by atoms with van der Waals surface area (Å²) in [5.74, 6) is 1.46. The van der Waals surface area contributed by atoms with Gasteiger partial charge >= 0.3 is 0 Å². The molecule has 0 heterocycles. The van der Waals surface area contributed by atoms with Crippen LogP contribution in [-0.2, 0) is 0 Å². The van der Waals surface area contributed by atoms with Gasteiger partial charge in [0.1, 0.15) is 0 Å². The topological polar surface area (TPSA) is 51.5 Å². The molecule has 86 valence electrons. The molecule has 1 unspecified atom stereocenters.